The lowest BCUT2D eigenvalue weighted by Crippen LogP contribution is -2.25. The van der Waals surface area contributed by atoms with Gasteiger partial charge in [-0.05, 0) is 24.6 Å². The zero-order chi connectivity index (χ0) is 19.2. The van der Waals surface area contributed by atoms with Gasteiger partial charge in [-0.1, -0.05) is 6.07 Å². The van der Waals surface area contributed by atoms with Crippen LogP contribution >= 0.6 is 0 Å². The number of rotatable bonds is 12. The lowest BCUT2D eigenvalue weighted by molar-refractivity contribution is -0.145. The Morgan fingerprint density at radius 2 is 1.77 bits per heavy atom. The van der Waals surface area contributed by atoms with Crippen LogP contribution in [0.5, 0.6) is 0 Å². The third-order valence-corrected chi connectivity index (χ3v) is 3.33. The number of ether oxygens (including phenoxy) is 3. The van der Waals surface area contributed by atoms with Crippen LogP contribution in [0.3, 0.4) is 0 Å². The van der Waals surface area contributed by atoms with Crippen molar-refractivity contribution in [2.75, 3.05) is 45.9 Å². The van der Waals surface area contributed by atoms with E-state index >= 15 is 0 Å². The molecule has 2 amide bonds. The molecule has 0 bridgehead atoms. The van der Waals surface area contributed by atoms with Gasteiger partial charge < -0.3 is 24.8 Å². The highest BCUT2D eigenvalue weighted by Gasteiger charge is 2.10. The van der Waals surface area contributed by atoms with Gasteiger partial charge in [-0.2, -0.15) is 0 Å². The van der Waals surface area contributed by atoms with Crippen LogP contribution in [0, 0.1) is 0 Å². The topological polar surface area (TPSA) is 103 Å². The summed E-state index contributed by atoms with van der Waals surface area (Å²) in [7, 11) is 3.11. The Hall–Kier alpha value is -2.45. The van der Waals surface area contributed by atoms with Crippen molar-refractivity contribution < 1.29 is 28.6 Å². The molecule has 0 fully saturated rings. The minimum atomic E-state index is -0.457. The van der Waals surface area contributed by atoms with Gasteiger partial charge in [0, 0.05) is 45.0 Å². The summed E-state index contributed by atoms with van der Waals surface area (Å²) in [5, 5.41) is 5.44. The van der Waals surface area contributed by atoms with Crippen LogP contribution in [0.1, 0.15) is 29.6 Å². The van der Waals surface area contributed by atoms with Crippen LogP contribution in [0.4, 0.5) is 5.69 Å². The first-order chi connectivity index (χ1) is 12.6. The first-order valence-corrected chi connectivity index (χ1v) is 8.38. The van der Waals surface area contributed by atoms with Crippen LogP contribution in [0.2, 0.25) is 0 Å². The van der Waals surface area contributed by atoms with Crippen LogP contribution in [0.15, 0.2) is 24.3 Å². The predicted octanol–water partition coefficient (Wildman–Crippen LogP) is 1.36. The molecule has 1 aromatic carbocycles. The van der Waals surface area contributed by atoms with E-state index in [0.717, 1.165) is 6.42 Å². The molecular formula is C18H26N2O6. The first-order valence-electron chi connectivity index (χ1n) is 8.38. The number of hydrogen-bond donors (Lipinski definition) is 2. The average molecular weight is 366 g/mol. The maximum atomic E-state index is 12.0. The van der Waals surface area contributed by atoms with Gasteiger partial charge in [-0.3, -0.25) is 14.4 Å². The van der Waals surface area contributed by atoms with E-state index in [1.807, 2.05) is 0 Å². The van der Waals surface area contributed by atoms with Crippen LogP contribution in [-0.4, -0.2) is 58.4 Å². The summed E-state index contributed by atoms with van der Waals surface area (Å²) in [5.41, 5.74) is 0.937. The molecule has 0 spiro atoms. The molecule has 0 aliphatic rings. The average Bonchev–Trinajstić information content (AvgIpc) is 2.64. The van der Waals surface area contributed by atoms with Crippen LogP contribution in [0.25, 0.3) is 0 Å². The van der Waals surface area contributed by atoms with Crippen molar-refractivity contribution in [2.45, 2.75) is 19.3 Å². The maximum Gasteiger partial charge on any atom is 0.306 e. The molecule has 0 saturated carbocycles. The van der Waals surface area contributed by atoms with Crippen molar-refractivity contribution in [3.8, 4) is 0 Å². The fourth-order valence-electron chi connectivity index (χ4n) is 2.01. The molecule has 1 rings (SSSR count). The maximum absolute atomic E-state index is 12.0. The van der Waals surface area contributed by atoms with E-state index < -0.39 is 5.97 Å². The van der Waals surface area contributed by atoms with Crippen molar-refractivity contribution in [1.29, 1.82) is 0 Å². The lowest BCUT2D eigenvalue weighted by atomic mass is 10.2. The van der Waals surface area contributed by atoms with Crippen molar-refractivity contribution in [1.82, 2.24) is 5.32 Å². The summed E-state index contributed by atoms with van der Waals surface area (Å²) in [6.07, 6.45) is 0.702. The Morgan fingerprint density at radius 3 is 2.50 bits per heavy atom. The fourth-order valence-corrected chi connectivity index (χ4v) is 2.01. The first kappa shape index (κ1) is 21.6. The normalized spacial score (nSPS) is 10.2. The van der Waals surface area contributed by atoms with Gasteiger partial charge in [0.05, 0.1) is 13.0 Å². The van der Waals surface area contributed by atoms with E-state index in [9.17, 15) is 14.4 Å². The Bertz CT molecular complexity index is 591. The molecule has 0 atom stereocenters. The minimum absolute atomic E-state index is 0.000737. The summed E-state index contributed by atoms with van der Waals surface area (Å²) < 4.78 is 14.6. The largest absolute Gasteiger partial charge is 0.463 e. The Morgan fingerprint density at radius 1 is 1.00 bits per heavy atom. The van der Waals surface area contributed by atoms with Crippen molar-refractivity contribution in [3.63, 3.8) is 0 Å². The molecule has 144 valence electrons. The number of carbonyl (C=O) groups is 3. The van der Waals surface area contributed by atoms with Gasteiger partial charge in [-0.15, -0.1) is 0 Å². The molecule has 0 radical (unpaired) electrons. The predicted molar refractivity (Wildman–Crippen MR) is 96.0 cm³/mol. The van der Waals surface area contributed by atoms with Crippen molar-refractivity contribution in [3.05, 3.63) is 29.8 Å². The molecule has 2 N–H and O–H groups in total. The van der Waals surface area contributed by atoms with Gasteiger partial charge in [0.2, 0.25) is 5.91 Å². The second-order valence-electron chi connectivity index (χ2n) is 5.44. The van der Waals surface area contributed by atoms with E-state index in [1.54, 1.807) is 31.4 Å². The second kappa shape index (κ2) is 12.8. The van der Waals surface area contributed by atoms with Gasteiger partial charge in [0.1, 0.15) is 6.61 Å². The second-order valence-corrected chi connectivity index (χ2v) is 5.44. The van der Waals surface area contributed by atoms with Gasteiger partial charge in [0.15, 0.2) is 0 Å². The number of anilines is 1. The highest BCUT2D eigenvalue weighted by atomic mass is 16.6. The summed E-state index contributed by atoms with van der Waals surface area (Å²) in [4.78, 5) is 35.4. The van der Waals surface area contributed by atoms with E-state index in [2.05, 4.69) is 10.6 Å². The zero-order valence-electron chi connectivity index (χ0n) is 15.2. The van der Waals surface area contributed by atoms with E-state index in [4.69, 9.17) is 14.2 Å². The number of carbonyl (C=O) groups excluding carboxylic acids is 3. The standard InChI is InChI=1S/C18H26N2O6/c1-24-10-4-9-19-18(23)14-5-3-6-15(13-14)20-16(21)7-8-17(22)26-12-11-25-2/h3,5-6,13H,4,7-12H2,1-2H3,(H,19,23)(H,20,21). The Kier molecular flexibility index (Phi) is 10.7. The molecule has 8 nitrogen and oxygen atoms in total. The Labute approximate surface area is 153 Å². The minimum Gasteiger partial charge on any atom is -0.463 e. The van der Waals surface area contributed by atoms with E-state index in [-0.39, 0.29) is 31.3 Å². The van der Waals surface area contributed by atoms with Crippen LogP contribution < -0.4 is 10.6 Å². The van der Waals surface area contributed by atoms with Crippen molar-refractivity contribution in [2.24, 2.45) is 0 Å². The monoisotopic (exact) mass is 366 g/mol. The van der Waals surface area contributed by atoms with Gasteiger partial charge in [-0.25, -0.2) is 0 Å². The molecular weight excluding hydrogens is 340 g/mol. The molecule has 0 unspecified atom stereocenters. The highest BCUT2D eigenvalue weighted by Crippen LogP contribution is 2.11. The van der Waals surface area contributed by atoms with E-state index in [1.165, 1.54) is 7.11 Å². The SMILES string of the molecule is COCCCNC(=O)c1cccc(NC(=O)CCC(=O)OCCOC)c1. The smallest absolute Gasteiger partial charge is 0.306 e. The highest BCUT2D eigenvalue weighted by molar-refractivity contribution is 5.97. The third-order valence-electron chi connectivity index (χ3n) is 3.33. The molecule has 0 saturated heterocycles. The molecule has 1 aromatic rings. The molecule has 8 heteroatoms. The summed E-state index contributed by atoms with van der Waals surface area (Å²) in [5.74, 6) is -1.01. The van der Waals surface area contributed by atoms with Gasteiger partial charge in [0.25, 0.3) is 5.91 Å². The molecule has 0 aromatic heterocycles. The molecule has 0 heterocycles. The fraction of sp³-hybridized carbons (Fsp3) is 0.500. The number of esters is 1. The molecule has 0 aliphatic heterocycles. The Balaban J connectivity index is 2.41. The number of methoxy groups -OCH3 is 2. The number of nitrogens with one attached hydrogen (secondary N) is 2. The number of amides is 2. The summed E-state index contributed by atoms with van der Waals surface area (Å²) in [6.45, 7) is 1.56. The quantitative estimate of drug-likeness (QED) is 0.428. The summed E-state index contributed by atoms with van der Waals surface area (Å²) in [6, 6.07) is 6.60. The van der Waals surface area contributed by atoms with Crippen molar-refractivity contribution >= 4 is 23.5 Å². The van der Waals surface area contributed by atoms with Gasteiger partial charge >= 0.3 is 5.97 Å². The lowest BCUT2D eigenvalue weighted by Gasteiger charge is -2.08. The third kappa shape index (κ3) is 9.14. The molecule has 0 aliphatic carbocycles. The summed E-state index contributed by atoms with van der Waals surface area (Å²) >= 11 is 0. The number of hydrogen-bond acceptors (Lipinski definition) is 6. The van der Waals surface area contributed by atoms with Crippen LogP contribution in [-0.2, 0) is 23.8 Å². The number of benzene rings is 1. The van der Waals surface area contributed by atoms with E-state index in [0.29, 0.717) is 31.0 Å². The zero-order valence-corrected chi connectivity index (χ0v) is 15.2. The molecule has 26 heavy (non-hydrogen) atoms.